The van der Waals surface area contributed by atoms with E-state index in [4.69, 9.17) is 0 Å². The molecule has 31 heavy (non-hydrogen) atoms. The second kappa shape index (κ2) is 7.18. The van der Waals surface area contributed by atoms with Gasteiger partial charge in [-0.25, -0.2) is 0 Å². The van der Waals surface area contributed by atoms with Crippen molar-refractivity contribution >= 4 is 11.5 Å². The SMILES string of the molecule is C[C@]12CC[C@@H](NC(=O)C3CC3)CC1CCC1C2CC[C@]2(C)C(c3cccnc3)=CCC12. The molecule has 1 aromatic heterocycles. The van der Waals surface area contributed by atoms with Crippen LogP contribution in [0.25, 0.3) is 5.57 Å². The van der Waals surface area contributed by atoms with Crippen LogP contribution in [0, 0.1) is 40.4 Å². The fourth-order valence-electron chi connectivity index (χ4n) is 8.59. The summed E-state index contributed by atoms with van der Waals surface area (Å²) >= 11 is 0. The zero-order valence-electron chi connectivity index (χ0n) is 19.3. The fourth-order valence-corrected chi connectivity index (χ4v) is 8.59. The molecule has 1 N–H and O–H groups in total. The van der Waals surface area contributed by atoms with Gasteiger partial charge in [-0.1, -0.05) is 26.0 Å². The molecule has 0 radical (unpaired) electrons. The average molecular weight is 419 g/mol. The third-order valence-corrected chi connectivity index (χ3v) is 10.5. The lowest BCUT2D eigenvalue weighted by molar-refractivity contribution is -0.126. The lowest BCUT2D eigenvalue weighted by Crippen LogP contribution is -2.55. The van der Waals surface area contributed by atoms with Crippen LogP contribution < -0.4 is 5.32 Å². The van der Waals surface area contributed by atoms with Gasteiger partial charge in [0.15, 0.2) is 0 Å². The first kappa shape index (κ1) is 20.0. The summed E-state index contributed by atoms with van der Waals surface area (Å²) in [5.41, 5.74) is 3.71. The summed E-state index contributed by atoms with van der Waals surface area (Å²) < 4.78 is 0. The molecule has 1 aromatic rings. The summed E-state index contributed by atoms with van der Waals surface area (Å²) in [5, 5.41) is 3.42. The van der Waals surface area contributed by atoms with Gasteiger partial charge in [-0.3, -0.25) is 9.78 Å². The molecule has 1 amide bonds. The number of nitrogens with one attached hydrogen (secondary N) is 1. The van der Waals surface area contributed by atoms with Gasteiger partial charge in [0.05, 0.1) is 0 Å². The molecule has 5 aliphatic carbocycles. The van der Waals surface area contributed by atoms with E-state index in [1.807, 2.05) is 6.20 Å². The second-order valence-electron chi connectivity index (χ2n) is 12.0. The van der Waals surface area contributed by atoms with Crippen molar-refractivity contribution in [3.63, 3.8) is 0 Å². The molecule has 6 rings (SSSR count). The number of hydrogen-bond acceptors (Lipinski definition) is 2. The molecule has 0 saturated heterocycles. The highest BCUT2D eigenvalue weighted by Crippen LogP contribution is 2.67. The van der Waals surface area contributed by atoms with Crippen molar-refractivity contribution in [2.75, 3.05) is 0 Å². The first-order valence-corrected chi connectivity index (χ1v) is 12.9. The van der Waals surface area contributed by atoms with Crippen LogP contribution in [0.15, 0.2) is 30.6 Å². The predicted molar refractivity (Wildman–Crippen MR) is 124 cm³/mol. The van der Waals surface area contributed by atoms with E-state index in [2.05, 4.69) is 48.6 Å². The van der Waals surface area contributed by atoms with Gasteiger partial charge in [0.2, 0.25) is 5.91 Å². The fraction of sp³-hybridized carbons (Fsp3) is 0.714. The van der Waals surface area contributed by atoms with Gasteiger partial charge in [0.25, 0.3) is 0 Å². The van der Waals surface area contributed by atoms with E-state index >= 15 is 0 Å². The van der Waals surface area contributed by atoms with E-state index in [0.717, 1.165) is 36.5 Å². The number of allylic oxidation sites excluding steroid dienone is 2. The Hall–Kier alpha value is -1.64. The zero-order valence-corrected chi connectivity index (χ0v) is 19.3. The quantitative estimate of drug-likeness (QED) is 0.653. The van der Waals surface area contributed by atoms with Gasteiger partial charge >= 0.3 is 0 Å². The topological polar surface area (TPSA) is 42.0 Å². The monoisotopic (exact) mass is 418 g/mol. The smallest absolute Gasteiger partial charge is 0.223 e. The lowest BCUT2D eigenvalue weighted by Gasteiger charge is -2.61. The van der Waals surface area contributed by atoms with Crippen LogP contribution in [0.4, 0.5) is 0 Å². The maximum atomic E-state index is 12.3. The van der Waals surface area contributed by atoms with Crippen molar-refractivity contribution in [3.8, 4) is 0 Å². The van der Waals surface area contributed by atoms with Gasteiger partial charge in [0, 0.05) is 24.4 Å². The molecule has 1 heterocycles. The number of nitrogens with zero attached hydrogens (tertiary/aromatic N) is 1. The number of aromatic nitrogens is 1. The van der Waals surface area contributed by atoms with Crippen LogP contribution in [0.5, 0.6) is 0 Å². The standard InChI is InChI=1S/C28H38N2O/c1-27-13-11-21(30-26(31)18-5-6-18)16-20(27)7-8-22-24-10-9-23(19-4-3-15-29-17-19)28(24,2)14-12-25(22)27/h3-4,9,15,17-18,20-22,24-25H,5-8,10-14,16H2,1-2H3,(H,30,31)/t20?,21-,22?,24?,25?,27+,28-/m1/s1. The molecule has 5 aliphatic rings. The molecule has 4 saturated carbocycles. The molecule has 3 nitrogen and oxygen atoms in total. The minimum absolute atomic E-state index is 0.322. The molecule has 4 unspecified atom stereocenters. The van der Waals surface area contributed by atoms with Gasteiger partial charge in [-0.15, -0.1) is 0 Å². The van der Waals surface area contributed by atoms with E-state index in [1.54, 1.807) is 5.57 Å². The van der Waals surface area contributed by atoms with Crippen LogP contribution in [0.1, 0.15) is 83.6 Å². The Morgan fingerprint density at radius 3 is 2.71 bits per heavy atom. The van der Waals surface area contributed by atoms with Crippen molar-refractivity contribution in [1.29, 1.82) is 0 Å². The molecule has 166 valence electrons. The largest absolute Gasteiger partial charge is 0.353 e. The first-order valence-electron chi connectivity index (χ1n) is 12.9. The Kier molecular flexibility index (Phi) is 4.64. The number of amides is 1. The lowest BCUT2D eigenvalue weighted by atomic mass is 9.44. The van der Waals surface area contributed by atoms with Gasteiger partial charge in [-0.05, 0) is 116 Å². The third-order valence-electron chi connectivity index (χ3n) is 10.5. The molecule has 7 atom stereocenters. The average Bonchev–Trinajstić information content (AvgIpc) is 3.56. The van der Waals surface area contributed by atoms with Crippen LogP contribution >= 0.6 is 0 Å². The summed E-state index contributed by atoms with van der Waals surface area (Å²) in [6.45, 7) is 5.18. The number of carbonyl (C=O) groups excluding carboxylic acids is 1. The Bertz CT molecular complexity index is 890. The van der Waals surface area contributed by atoms with Crippen molar-refractivity contribution in [2.45, 2.75) is 84.1 Å². The number of fused-ring (bicyclic) bond motifs is 5. The minimum Gasteiger partial charge on any atom is -0.353 e. The summed E-state index contributed by atoms with van der Waals surface area (Å²) in [7, 11) is 0. The summed E-state index contributed by atoms with van der Waals surface area (Å²) in [6.07, 6.45) is 19.2. The number of carbonyl (C=O) groups is 1. The predicted octanol–water partition coefficient (Wildman–Crippen LogP) is 6.01. The molecule has 0 bridgehead atoms. The Balaban J connectivity index is 1.19. The van der Waals surface area contributed by atoms with Crippen molar-refractivity contribution in [2.24, 2.45) is 40.4 Å². The highest BCUT2D eigenvalue weighted by atomic mass is 16.2. The molecule has 4 fully saturated rings. The van der Waals surface area contributed by atoms with E-state index in [-0.39, 0.29) is 0 Å². The number of rotatable bonds is 3. The molecule has 0 aliphatic heterocycles. The molecular formula is C28H38N2O. The highest BCUT2D eigenvalue weighted by Gasteiger charge is 2.58. The number of hydrogen-bond donors (Lipinski definition) is 1. The van der Waals surface area contributed by atoms with Crippen LogP contribution in [-0.4, -0.2) is 16.9 Å². The van der Waals surface area contributed by atoms with E-state index in [1.165, 1.54) is 56.9 Å². The molecule has 0 aromatic carbocycles. The normalized spacial score (nSPS) is 43.9. The van der Waals surface area contributed by atoms with Gasteiger partial charge in [0.1, 0.15) is 0 Å². The molecule has 3 heteroatoms. The zero-order chi connectivity index (χ0) is 21.2. The number of pyridine rings is 1. The highest BCUT2D eigenvalue weighted by molar-refractivity contribution is 5.81. The Morgan fingerprint density at radius 2 is 1.94 bits per heavy atom. The van der Waals surface area contributed by atoms with Gasteiger partial charge in [-0.2, -0.15) is 0 Å². The van der Waals surface area contributed by atoms with Crippen molar-refractivity contribution in [3.05, 3.63) is 36.2 Å². The van der Waals surface area contributed by atoms with Crippen LogP contribution in [-0.2, 0) is 4.79 Å². The minimum atomic E-state index is 0.322. The van der Waals surface area contributed by atoms with E-state index in [9.17, 15) is 4.79 Å². The molecular weight excluding hydrogens is 380 g/mol. The van der Waals surface area contributed by atoms with E-state index in [0.29, 0.717) is 28.7 Å². The Morgan fingerprint density at radius 1 is 1.06 bits per heavy atom. The molecule has 0 spiro atoms. The summed E-state index contributed by atoms with van der Waals surface area (Å²) in [5.74, 6) is 4.00. The van der Waals surface area contributed by atoms with Crippen LogP contribution in [0.2, 0.25) is 0 Å². The van der Waals surface area contributed by atoms with E-state index < -0.39 is 0 Å². The first-order chi connectivity index (χ1) is 15.0. The maximum Gasteiger partial charge on any atom is 0.223 e. The maximum absolute atomic E-state index is 12.3. The summed E-state index contributed by atoms with van der Waals surface area (Å²) in [4.78, 5) is 16.7. The third kappa shape index (κ3) is 3.13. The van der Waals surface area contributed by atoms with Crippen molar-refractivity contribution < 1.29 is 4.79 Å². The second-order valence-corrected chi connectivity index (χ2v) is 12.0. The van der Waals surface area contributed by atoms with Crippen LogP contribution in [0.3, 0.4) is 0 Å². The van der Waals surface area contributed by atoms with Gasteiger partial charge < -0.3 is 5.32 Å². The van der Waals surface area contributed by atoms with Crippen molar-refractivity contribution in [1.82, 2.24) is 10.3 Å². The Labute approximate surface area is 187 Å². The summed E-state index contributed by atoms with van der Waals surface area (Å²) in [6, 6.07) is 4.78.